The van der Waals surface area contributed by atoms with Gasteiger partial charge in [-0.3, -0.25) is 0 Å². The normalized spacial score (nSPS) is 13.0. The number of hydrogen-bond acceptors (Lipinski definition) is 4. The highest BCUT2D eigenvalue weighted by atomic mass is 16.6. The fraction of sp³-hybridized carbons (Fsp3) is 0.889. The molecule has 4 nitrogen and oxygen atoms in total. The first kappa shape index (κ1) is 12.4. The van der Waals surface area contributed by atoms with Gasteiger partial charge in [0.05, 0.1) is 26.4 Å². The maximum atomic E-state index is 10.9. The van der Waals surface area contributed by atoms with Crippen molar-refractivity contribution in [3.63, 3.8) is 0 Å². The van der Waals surface area contributed by atoms with Gasteiger partial charge in [0.2, 0.25) is 0 Å². The van der Waals surface area contributed by atoms with Crippen molar-refractivity contribution in [2.45, 2.75) is 33.0 Å². The van der Waals surface area contributed by atoms with Crippen LogP contribution in [0.25, 0.3) is 0 Å². The van der Waals surface area contributed by atoms with Crippen molar-refractivity contribution in [3.8, 4) is 0 Å². The molecule has 0 heterocycles. The molecule has 0 aromatic heterocycles. The second-order valence-corrected chi connectivity index (χ2v) is 2.96. The van der Waals surface area contributed by atoms with Gasteiger partial charge >= 0.3 is 5.97 Å². The summed E-state index contributed by atoms with van der Waals surface area (Å²) in [6, 6.07) is 0. The molecule has 0 unspecified atom stereocenters. The SMILES string of the molecule is COC(=O)[C@@H](C)OCCOC(C)C. The molecule has 13 heavy (non-hydrogen) atoms. The highest BCUT2D eigenvalue weighted by Gasteiger charge is 2.12. The van der Waals surface area contributed by atoms with Gasteiger partial charge in [0.25, 0.3) is 0 Å². The summed E-state index contributed by atoms with van der Waals surface area (Å²) < 4.78 is 14.9. The van der Waals surface area contributed by atoms with Crippen LogP contribution in [0, 0.1) is 0 Å². The summed E-state index contributed by atoms with van der Waals surface area (Å²) in [5, 5.41) is 0. The smallest absolute Gasteiger partial charge is 0.334 e. The van der Waals surface area contributed by atoms with Crippen molar-refractivity contribution in [2.24, 2.45) is 0 Å². The molecular formula is C9H18O4. The van der Waals surface area contributed by atoms with Gasteiger partial charge in [-0.05, 0) is 20.8 Å². The van der Waals surface area contributed by atoms with Crippen LogP contribution in [0.3, 0.4) is 0 Å². The third kappa shape index (κ3) is 6.54. The zero-order valence-electron chi connectivity index (χ0n) is 8.70. The zero-order chi connectivity index (χ0) is 10.3. The molecule has 0 aromatic rings. The summed E-state index contributed by atoms with van der Waals surface area (Å²) in [5.41, 5.74) is 0. The van der Waals surface area contributed by atoms with Crippen molar-refractivity contribution < 1.29 is 19.0 Å². The number of hydrogen-bond donors (Lipinski definition) is 0. The lowest BCUT2D eigenvalue weighted by molar-refractivity contribution is -0.153. The van der Waals surface area contributed by atoms with E-state index in [-0.39, 0.29) is 12.1 Å². The van der Waals surface area contributed by atoms with Gasteiger partial charge in [-0.15, -0.1) is 0 Å². The lowest BCUT2D eigenvalue weighted by Gasteiger charge is -2.11. The Labute approximate surface area is 79.2 Å². The van der Waals surface area contributed by atoms with Crippen LogP contribution in [-0.2, 0) is 19.0 Å². The highest BCUT2D eigenvalue weighted by molar-refractivity contribution is 5.73. The van der Waals surface area contributed by atoms with Crippen LogP contribution in [0.1, 0.15) is 20.8 Å². The van der Waals surface area contributed by atoms with Crippen molar-refractivity contribution in [3.05, 3.63) is 0 Å². The Bertz CT molecular complexity index is 145. The van der Waals surface area contributed by atoms with Crippen LogP contribution in [0.2, 0.25) is 0 Å². The predicted molar refractivity (Wildman–Crippen MR) is 48.5 cm³/mol. The van der Waals surface area contributed by atoms with Crippen LogP contribution >= 0.6 is 0 Å². The number of carbonyl (C=O) groups excluding carboxylic acids is 1. The molecule has 78 valence electrons. The van der Waals surface area contributed by atoms with E-state index in [1.165, 1.54) is 7.11 Å². The van der Waals surface area contributed by atoms with E-state index < -0.39 is 6.10 Å². The van der Waals surface area contributed by atoms with Gasteiger partial charge in [-0.25, -0.2) is 4.79 Å². The van der Waals surface area contributed by atoms with E-state index in [1.54, 1.807) is 6.92 Å². The van der Waals surface area contributed by atoms with Gasteiger partial charge in [-0.1, -0.05) is 0 Å². The Morgan fingerprint density at radius 3 is 2.15 bits per heavy atom. The number of carbonyl (C=O) groups is 1. The van der Waals surface area contributed by atoms with E-state index in [4.69, 9.17) is 9.47 Å². The average molecular weight is 190 g/mol. The molecule has 0 aliphatic heterocycles. The molecule has 0 bridgehead atoms. The minimum atomic E-state index is -0.513. The van der Waals surface area contributed by atoms with E-state index >= 15 is 0 Å². The van der Waals surface area contributed by atoms with E-state index in [1.807, 2.05) is 13.8 Å². The molecule has 0 aliphatic carbocycles. The second-order valence-electron chi connectivity index (χ2n) is 2.96. The second kappa shape index (κ2) is 6.86. The van der Waals surface area contributed by atoms with Crippen molar-refractivity contribution in [2.75, 3.05) is 20.3 Å². The first-order valence-corrected chi connectivity index (χ1v) is 4.39. The quantitative estimate of drug-likeness (QED) is 0.463. The summed E-state index contributed by atoms with van der Waals surface area (Å²) in [4.78, 5) is 10.9. The fourth-order valence-corrected chi connectivity index (χ4v) is 0.743. The monoisotopic (exact) mass is 190 g/mol. The Morgan fingerprint density at radius 2 is 1.69 bits per heavy atom. The van der Waals surface area contributed by atoms with E-state index in [9.17, 15) is 4.79 Å². The molecule has 0 fully saturated rings. The van der Waals surface area contributed by atoms with Crippen molar-refractivity contribution >= 4 is 5.97 Å². The van der Waals surface area contributed by atoms with Crippen LogP contribution in [0.15, 0.2) is 0 Å². The Hall–Kier alpha value is -0.610. The van der Waals surface area contributed by atoms with Gasteiger partial charge in [-0.2, -0.15) is 0 Å². The molecule has 0 N–H and O–H groups in total. The van der Waals surface area contributed by atoms with Crippen molar-refractivity contribution in [1.29, 1.82) is 0 Å². The lowest BCUT2D eigenvalue weighted by atomic mass is 10.4. The topological polar surface area (TPSA) is 44.8 Å². The van der Waals surface area contributed by atoms with Crippen LogP contribution in [0.5, 0.6) is 0 Å². The molecule has 0 spiro atoms. The first-order chi connectivity index (χ1) is 6.07. The largest absolute Gasteiger partial charge is 0.467 e. The van der Waals surface area contributed by atoms with E-state index in [2.05, 4.69) is 4.74 Å². The minimum Gasteiger partial charge on any atom is -0.467 e. The molecular weight excluding hydrogens is 172 g/mol. The van der Waals surface area contributed by atoms with Crippen LogP contribution in [-0.4, -0.2) is 38.5 Å². The Balaban J connectivity index is 3.37. The third-order valence-corrected chi connectivity index (χ3v) is 1.44. The summed E-state index contributed by atoms with van der Waals surface area (Å²) >= 11 is 0. The van der Waals surface area contributed by atoms with Gasteiger partial charge in [0, 0.05) is 0 Å². The van der Waals surface area contributed by atoms with Crippen molar-refractivity contribution in [1.82, 2.24) is 0 Å². The van der Waals surface area contributed by atoms with Crippen LogP contribution in [0.4, 0.5) is 0 Å². The molecule has 0 saturated heterocycles. The number of esters is 1. The molecule has 4 heteroatoms. The maximum Gasteiger partial charge on any atom is 0.334 e. The number of rotatable bonds is 6. The molecule has 0 saturated carbocycles. The van der Waals surface area contributed by atoms with Gasteiger partial charge in [0.1, 0.15) is 0 Å². The maximum absolute atomic E-state index is 10.9. The average Bonchev–Trinajstić information content (AvgIpc) is 2.10. The summed E-state index contributed by atoms with van der Waals surface area (Å²) in [7, 11) is 1.34. The predicted octanol–water partition coefficient (Wildman–Crippen LogP) is 0.989. The Morgan fingerprint density at radius 1 is 1.15 bits per heavy atom. The zero-order valence-corrected chi connectivity index (χ0v) is 8.70. The molecule has 0 aromatic carbocycles. The summed E-state index contributed by atoms with van der Waals surface area (Å²) in [5.74, 6) is -0.357. The van der Waals surface area contributed by atoms with Gasteiger partial charge in [0.15, 0.2) is 6.10 Å². The fourth-order valence-electron chi connectivity index (χ4n) is 0.743. The first-order valence-electron chi connectivity index (χ1n) is 4.39. The van der Waals surface area contributed by atoms with E-state index in [0.29, 0.717) is 13.2 Å². The minimum absolute atomic E-state index is 0.192. The third-order valence-electron chi connectivity index (χ3n) is 1.44. The van der Waals surface area contributed by atoms with Gasteiger partial charge < -0.3 is 14.2 Å². The standard InChI is InChI=1S/C9H18O4/c1-7(2)12-5-6-13-8(3)9(10)11-4/h7-8H,5-6H2,1-4H3/t8-/m1/s1. The Kier molecular flexibility index (Phi) is 6.54. The summed E-state index contributed by atoms with van der Waals surface area (Å²) in [6.07, 6.45) is -0.321. The number of methoxy groups -OCH3 is 1. The molecule has 0 amide bonds. The summed E-state index contributed by atoms with van der Waals surface area (Å²) in [6.45, 7) is 6.46. The molecule has 1 atom stereocenters. The molecule has 0 aliphatic rings. The van der Waals surface area contributed by atoms with E-state index in [0.717, 1.165) is 0 Å². The van der Waals surface area contributed by atoms with Crippen LogP contribution < -0.4 is 0 Å². The lowest BCUT2D eigenvalue weighted by Crippen LogP contribution is -2.24. The molecule has 0 rings (SSSR count). The number of ether oxygens (including phenoxy) is 3. The molecule has 0 radical (unpaired) electrons. The highest BCUT2D eigenvalue weighted by Crippen LogP contribution is 1.94.